The molecule has 0 unspecified atom stereocenters. The van der Waals surface area contributed by atoms with E-state index in [2.05, 4.69) is 51.4 Å². The van der Waals surface area contributed by atoms with E-state index in [1.165, 1.54) is 42.4 Å². The van der Waals surface area contributed by atoms with E-state index >= 15 is 0 Å². The fraction of sp³-hybridized carbons (Fsp3) is 0.559. The molecule has 45 heavy (non-hydrogen) atoms. The van der Waals surface area contributed by atoms with Crippen LogP contribution in [0.4, 0.5) is 19.1 Å². The number of hydrogen-bond acceptors (Lipinski definition) is 7. The van der Waals surface area contributed by atoms with E-state index in [4.69, 9.17) is 6.58 Å². The molecule has 1 aromatic carbocycles. The summed E-state index contributed by atoms with van der Waals surface area (Å²) in [5.41, 5.74) is 2.20. The van der Waals surface area contributed by atoms with Crippen LogP contribution < -0.4 is 5.32 Å². The molecule has 4 rings (SSSR count). The first-order valence-corrected chi connectivity index (χ1v) is 17.7. The molecule has 5 nitrogen and oxygen atoms in total. The van der Waals surface area contributed by atoms with Gasteiger partial charge in [-0.15, -0.1) is 11.3 Å². The van der Waals surface area contributed by atoms with Gasteiger partial charge in [-0.2, -0.15) is 13.2 Å². The van der Waals surface area contributed by atoms with Crippen LogP contribution in [0.3, 0.4) is 0 Å². The number of unbranched alkanes of at least 4 members (excludes halogenated alkanes) is 2. The standard InChI is InChI=1S/C23H26F3N5S2.C5H12.C4H7.C2H6.U/c1-4-15-5-6-17(14(2)11-15)21-27-13-19(33-21)20-18(23(24,25)26)12-28-22(30-20)29-16-7-9-31(32-3)10-8-16;1-3-5-4-2;1-3-4-2;1-2;/h5-6,11-13,16H,4,7-10H2,1-3H3,(H,28,29,30);3-5H2,1-2H3;1,3H,4H2,2H3;1-2H3;/q;;-1;;. The second-order valence-electron chi connectivity index (χ2n) is 10.0. The Bertz CT molecular complexity index is 1230. The van der Waals surface area contributed by atoms with Gasteiger partial charge in [0, 0.05) is 68.2 Å². The predicted molar refractivity (Wildman–Crippen MR) is 185 cm³/mol. The maximum atomic E-state index is 13.8. The molecule has 0 amide bonds. The van der Waals surface area contributed by atoms with Gasteiger partial charge in [0.25, 0.3) is 0 Å². The van der Waals surface area contributed by atoms with Gasteiger partial charge in [0.05, 0.1) is 10.6 Å². The van der Waals surface area contributed by atoms with Crippen molar-refractivity contribution in [3.8, 4) is 21.1 Å². The fourth-order valence-electron chi connectivity index (χ4n) is 4.26. The zero-order chi connectivity index (χ0) is 33.1. The number of benzene rings is 1. The molecular formula is C34H51F3N5S2U-. The molecule has 0 bridgehead atoms. The molecule has 3 aromatic rings. The molecule has 0 aliphatic carbocycles. The summed E-state index contributed by atoms with van der Waals surface area (Å²) in [6.07, 6.45) is 9.21. The van der Waals surface area contributed by atoms with E-state index in [0.29, 0.717) is 9.88 Å². The van der Waals surface area contributed by atoms with Crippen molar-refractivity contribution in [3.05, 3.63) is 59.9 Å². The summed E-state index contributed by atoms with van der Waals surface area (Å²) >= 11 is 2.92. The van der Waals surface area contributed by atoms with E-state index in [9.17, 15) is 13.2 Å². The molecule has 0 radical (unpaired) electrons. The number of thiazole rings is 1. The third kappa shape index (κ3) is 14.9. The van der Waals surface area contributed by atoms with Crippen LogP contribution >= 0.6 is 23.3 Å². The third-order valence-electron chi connectivity index (χ3n) is 6.75. The molecule has 11 heteroatoms. The third-order valence-corrected chi connectivity index (χ3v) is 8.67. The number of nitrogens with one attached hydrogen (secondary N) is 1. The van der Waals surface area contributed by atoms with E-state index in [1.54, 1.807) is 18.0 Å². The monoisotopic (exact) mass is 888 g/mol. The topological polar surface area (TPSA) is 53.9 Å². The molecule has 250 valence electrons. The van der Waals surface area contributed by atoms with E-state index in [1.807, 2.05) is 46.1 Å². The normalized spacial score (nSPS) is 13.1. The van der Waals surface area contributed by atoms with Crippen LogP contribution in [0.1, 0.15) is 96.8 Å². The zero-order valence-corrected chi connectivity index (χ0v) is 34.0. The number of aryl methyl sites for hydroxylation is 2. The van der Waals surface area contributed by atoms with Crippen molar-refractivity contribution in [2.24, 2.45) is 0 Å². The quantitative estimate of drug-likeness (QED) is 0.171. The van der Waals surface area contributed by atoms with Crippen molar-refractivity contribution in [1.29, 1.82) is 0 Å². The van der Waals surface area contributed by atoms with Crippen LogP contribution in [0, 0.1) is 44.6 Å². The van der Waals surface area contributed by atoms with Crippen LogP contribution in [0.2, 0.25) is 0 Å². The summed E-state index contributed by atoms with van der Waals surface area (Å²) in [6.45, 7) is 21.2. The van der Waals surface area contributed by atoms with Crippen LogP contribution in [-0.2, 0) is 12.6 Å². The smallest absolute Gasteiger partial charge is 0.420 e. The van der Waals surface area contributed by atoms with E-state index in [-0.39, 0.29) is 48.8 Å². The maximum absolute atomic E-state index is 13.8. The summed E-state index contributed by atoms with van der Waals surface area (Å²) in [5.74, 6) is 0.221. The molecular weight excluding hydrogens is 838 g/mol. The van der Waals surface area contributed by atoms with Crippen LogP contribution in [0.5, 0.6) is 0 Å². The number of allylic oxidation sites excluding steroid dienone is 1. The Morgan fingerprint density at radius 1 is 1.07 bits per heavy atom. The minimum Gasteiger partial charge on any atom is -0.518 e. The van der Waals surface area contributed by atoms with Gasteiger partial charge >= 0.3 is 6.18 Å². The Labute approximate surface area is 302 Å². The summed E-state index contributed by atoms with van der Waals surface area (Å²) in [4.78, 5) is 13.1. The molecule has 3 heterocycles. The first-order valence-electron chi connectivity index (χ1n) is 15.7. The number of hydrogen-bond donors (Lipinski definition) is 1. The molecule has 1 aliphatic rings. The molecule has 1 N–H and O–H groups in total. The number of alkyl halides is 3. The van der Waals surface area contributed by atoms with Gasteiger partial charge in [-0.25, -0.2) is 15.0 Å². The average molecular weight is 889 g/mol. The van der Waals surface area contributed by atoms with Gasteiger partial charge in [-0.1, -0.05) is 97.4 Å². The molecule has 0 atom stereocenters. The molecule has 1 fully saturated rings. The van der Waals surface area contributed by atoms with Gasteiger partial charge in [0.1, 0.15) is 10.6 Å². The van der Waals surface area contributed by atoms with Gasteiger partial charge in [0.2, 0.25) is 5.95 Å². The van der Waals surface area contributed by atoms with Gasteiger partial charge in [-0.3, -0.25) is 10.4 Å². The van der Waals surface area contributed by atoms with Gasteiger partial charge in [-0.05, 0) is 43.6 Å². The summed E-state index contributed by atoms with van der Waals surface area (Å²) in [5, 5.41) is 3.91. The zero-order valence-electron chi connectivity index (χ0n) is 28.2. The number of piperidine rings is 1. The van der Waals surface area contributed by atoms with Crippen molar-refractivity contribution in [3.63, 3.8) is 0 Å². The van der Waals surface area contributed by atoms with E-state index in [0.717, 1.165) is 56.1 Å². The number of anilines is 1. The van der Waals surface area contributed by atoms with Crippen molar-refractivity contribution >= 4 is 29.2 Å². The molecule has 1 aliphatic heterocycles. The van der Waals surface area contributed by atoms with Crippen molar-refractivity contribution in [2.45, 2.75) is 106 Å². The summed E-state index contributed by atoms with van der Waals surface area (Å²) < 4.78 is 43.5. The largest absolute Gasteiger partial charge is 0.518 e. The van der Waals surface area contributed by atoms with Crippen LogP contribution in [0.15, 0.2) is 36.7 Å². The SMILES string of the molecule is CC.CCCCC.CCc1ccc(-c2ncc(-c3nc(NC4CCN(SC)CC4)ncc3C(F)(F)F)s2)c(C)c1.[CH-]=CCC.[U]. The number of rotatable bonds is 9. The second kappa shape index (κ2) is 23.9. The summed E-state index contributed by atoms with van der Waals surface area (Å²) in [7, 11) is 0. The number of halogens is 3. The second-order valence-corrected chi connectivity index (χ2v) is 11.9. The van der Waals surface area contributed by atoms with Crippen LogP contribution in [0.25, 0.3) is 21.1 Å². The first kappa shape index (κ1) is 43.6. The minimum atomic E-state index is -4.56. The Balaban J connectivity index is 0.00000141. The van der Waals surface area contributed by atoms with Gasteiger partial charge in [0.15, 0.2) is 0 Å². The Hall–Kier alpha value is -1.38. The maximum Gasteiger partial charge on any atom is 0.420 e. The molecule has 0 spiro atoms. The van der Waals surface area contributed by atoms with Crippen molar-refractivity contribution < 1.29 is 44.3 Å². The Kier molecular flexibility index (Phi) is 23.1. The molecule has 1 saturated heterocycles. The van der Waals surface area contributed by atoms with Crippen molar-refractivity contribution in [1.82, 2.24) is 19.3 Å². The van der Waals surface area contributed by atoms with Crippen molar-refractivity contribution in [2.75, 3.05) is 24.7 Å². The number of aromatic nitrogens is 3. The van der Waals surface area contributed by atoms with Crippen LogP contribution in [-0.4, -0.2) is 44.6 Å². The van der Waals surface area contributed by atoms with Gasteiger partial charge < -0.3 is 11.9 Å². The predicted octanol–water partition coefficient (Wildman–Crippen LogP) is 10.9. The summed E-state index contributed by atoms with van der Waals surface area (Å²) in [6, 6.07) is 6.23. The molecule has 2 aromatic heterocycles. The molecule has 0 saturated carbocycles. The first-order chi connectivity index (χ1) is 21.1. The average Bonchev–Trinajstić information content (AvgIpc) is 3.52. The minimum absolute atomic E-state index is 0. The number of nitrogens with zero attached hydrogens (tertiary/aromatic N) is 4. The van der Waals surface area contributed by atoms with E-state index < -0.39 is 11.7 Å². The Morgan fingerprint density at radius 3 is 2.16 bits per heavy atom. The Morgan fingerprint density at radius 2 is 1.69 bits per heavy atom. The fourth-order valence-corrected chi connectivity index (χ4v) is 5.85.